The third kappa shape index (κ3) is 4.32. The van der Waals surface area contributed by atoms with Crippen LogP contribution in [0.25, 0.3) is 27.6 Å². The zero-order valence-electron chi connectivity index (χ0n) is 20.6. The van der Waals surface area contributed by atoms with Crippen molar-refractivity contribution in [2.75, 3.05) is 4.90 Å². The summed E-state index contributed by atoms with van der Waals surface area (Å²) < 4.78 is 1.74. The van der Waals surface area contributed by atoms with Crippen LogP contribution >= 0.6 is 0 Å². The summed E-state index contributed by atoms with van der Waals surface area (Å²) >= 11 is 0. The first-order valence-corrected chi connectivity index (χ1v) is 12.4. The summed E-state index contributed by atoms with van der Waals surface area (Å²) in [6, 6.07) is 45.2. The minimum absolute atomic E-state index is 0.00963. The molecule has 0 aliphatic rings. The van der Waals surface area contributed by atoms with E-state index < -0.39 is 0 Å². The van der Waals surface area contributed by atoms with Gasteiger partial charge in [-0.3, -0.25) is 9.36 Å². The van der Waals surface area contributed by atoms with Crippen LogP contribution < -0.4 is 10.5 Å². The monoisotopic (exact) mass is 478 g/mol. The van der Waals surface area contributed by atoms with Gasteiger partial charge in [-0.2, -0.15) is 0 Å². The van der Waals surface area contributed by atoms with E-state index in [0.717, 1.165) is 50.2 Å². The molecule has 3 nitrogen and oxygen atoms in total. The van der Waals surface area contributed by atoms with Gasteiger partial charge in [0.1, 0.15) is 0 Å². The van der Waals surface area contributed by atoms with Crippen molar-refractivity contribution in [1.82, 2.24) is 4.57 Å². The zero-order valence-corrected chi connectivity index (χ0v) is 20.6. The van der Waals surface area contributed by atoms with Crippen LogP contribution in [0.15, 0.2) is 144 Å². The van der Waals surface area contributed by atoms with Gasteiger partial charge < -0.3 is 4.90 Å². The number of anilines is 3. The van der Waals surface area contributed by atoms with Crippen molar-refractivity contribution in [2.45, 2.75) is 6.92 Å². The Bertz CT molecular complexity index is 1680. The third-order valence-corrected chi connectivity index (χ3v) is 6.74. The first kappa shape index (κ1) is 22.6. The molecule has 0 spiro atoms. The Balaban J connectivity index is 1.42. The molecule has 178 valence electrons. The highest BCUT2D eigenvalue weighted by molar-refractivity contribution is 5.89. The van der Waals surface area contributed by atoms with Crippen LogP contribution in [0, 0.1) is 6.92 Å². The largest absolute Gasteiger partial charge is 0.311 e. The lowest BCUT2D eigenvalue weighted by Crippen LogP contribution is -2.18. The zero-order chi connectivity index (χ0) is 25.2. The standard InChI is InChI=1S/C34H26N2O/c1-25-24-35(28-11-5-2-6-12-28)34(37)33-23-27(19-22-32(25)33)26-17-20-31(21-18-26)36(29-13-7-3-8-14-29)30-15-9-4-10-16-30/h2-24H,1H3. The van der Waals surface area contributed by atoms with Gasteiger partial charge in [-0.15, -0.1) is 0 Å². The third-order valence-electron chi connectivity index (χ3n) is 6.74. The molecule has 0 radical (unpaired) electrons. The van der Waals surface area contributed by atoms with Crippen molar-refractivity contribution in [3.63, 3.8) is 0 Å². The van der Waals surface area contributed by atoms with Crippen LogP contribution in [0.4, 0.5) is 17.1 Å². The summed E-state index contributed by atoms with van der Waals surface area (Å²) in [7, 11) is 0. The molecule has 37 heavy (non-hydrogen) atoms. The van der Waals surface area contributed by atoms with E-state index in [1.807, 2.05) is 54.7 Å². The highest BCUT2D eigenvalue weighted by Gasteiger charge is 2.13. The topological polar surface area (TPSA) is 25.2 Å². The van der Waals surface area contributed by atoms with Crippen molar-refractivity contribution in [3.05, 3.63) is 156 Å². The van der Waals surface area contributed by atoms with E-state index in [2.05, 4.69) is 96.8 Å². The lowest BCUT2D eigenvalue weighted by atomic mass is 10.00. The van der Waals surface area contributed by atoms with Gasteiger partial charge in [0.05, 0.1) is 0 Å². The molecule has 1 aromatic heterocycles. The fraction of sp³-hybridized carbons (Fsp3) is 0.0294. The number of hydrogen-bond acceptors (Lipinski definition) is 2. The number of fused-ring (bicyclic) bond motifs is 1. The summed E-state index contributed by atoms with van der Waals surface area (Å²) in [4.78, 5) is 15.7. The molecule has 0 aliphatic heterocycles. The molecular formula is C34H26N2O. The van der Waals surface area contributed by atoms with Crippen LogP contribution in [0.5, 0.6) is 0 Å². The maximum absolute atomic E-state index is 13.5. The smallest absolute Gasteiger partial charge is 0.262 e. The average Bonchev–Trinajstić information content (AvgIpc) is 2.97. The predicted molar refractivity (Wildman–Crippen MR) is 154 cm³/mol. The number of para-hydroxylation sites is 3. The second-order valence-corrected chi connectivity index (χ2v) is 9.14. The SMILES string of the molecule is Cc1cn(-c2ccccc2)c(=O)c2cc(-c3ccc(N(c4ccccc4)c4ccccc4)cc3)ccc12. The molecule has 0 aliphatic carbocycles. The van der Waals surface area contributed by atoms with Crippen molar-refractivity contribution in [1.29, 1.82) is 0 Å². The molecule has 0 amide bonds. The molecular weight excluding hydrogens is 452 g/mol. The fourth-order valence-electron chi connectivity index (χ4n) is 4.88. The van der Waals surface area contributed by atoms with Crippen molar-refractivity contribution in [3.8, 4) is 16.8 Å². The van der Waals surface area contributed by atoms with E-state index >= 15 is 0 Å². The minimum Gasteiger partial charge on any atom is -0.311 e. The normalized spacial score (nSPS) is 10.9. The Kier molecular flexibility index (Phi) is 5.88. The molecule has 6 aromatic rings. The Morgan fingerprint density at radius 2 is 1.05 bits per heavy atom. The summed E-state index contributed by atoms with van der Waals surface area (Å²) in [5.41, 5.74) is 7.30. The van der Waals surface area contributed by atoms with Gasteiger partial charge in [0.15, 0.2) is 0 Å². The molecule has 5 aromatic carbocycles. The number of pyridine rings is 1. The number of benzene rings is 5. The average molecular weight is 479 g/mol. The molecule has 0 bridgehead atoms. The number of hydrogen-bond donors (Lipinski definition) is 0. The number of aryl methyl sites for hydroxylation is 1. The molecule has 0 saturated heterocycles. The van der Waals surface area contributed by atoms with Gasteiger partial charge in [0.25, 0.3) is 5.56 Å². The summed E-state index contributed by atoms with van der Waals surface area (Å²) in [5.74, 6) is 0. The number of nitrogens with zero attached hydrogens (tertiary/aromatic N) is 2. The Hall–Kier alpha value is -4.89. The Morgan fingerprint density at radius 1 is 0.541 bits per heavy atom. The van der Waals surface area contributed by atoms with E-state index in [-0.39, 0.29) is 5.56 Å². The molecule has 0 N–H and O–H groups in total. The van der Waals surface area contributed by atoms with Gasteiger partial charge in [-0.05, 0) is 83.6 Å². The van der Waals surface area contributed by atoms with E-state index in [0.29, 0.717) is 0 Å². The van der Waals surface area contributed by atoms with E-state index in [1.54, 1.807) is 4.57 Å². The maximum Gasteiger partial charge on any atom is 0.262 e. The molecule has 0 saturated carbocycles. The van der Waals surface area contributed by atoms with Crippen LogP contribution in [-0.4, -0.2) is 4.57 Å². The van der Waals surface area contributed by atoms with Crippen molar-refractivity contribution in [2.24, 2.45) is 0 Å². The van der Waals surface area contributed by atoms with Crippen LogP contribution in [-0.2, 0) is 0 Å². The second-order valence-electron chi connectivity index (χ2n) is 9.14. The van der Waals surface area contributed by atoms with Gasteiger partial charge in [-0.25, -0.2) is 0 Å². The van der Waals surface area contributed by atoms with E-state index in [4.69, 9.17) is 0 Å². The lowest BCUT2D eigenvalue weighted by Gasteiger charge is -2.25. The van der Waals surface area contributed by atoms with Gasteiger partial charge in [-0.1, -0.05) is 78.9 Å². The van der Waals surface area contributed by atoms with Crippen molar-refractivity contribution >= 4 is 27.8 Å². The molecule has 0 unspecified atom stereocenters. The molecule has 1 heterocycles. The molecule has 3 heteroatoms. The highest BCUT2D eigenvalue weighted by Crippen LogP contribution is 2.35. The van der Waals surface area contributed by atoms with Crippen LogP contribution in [0.3, 0.4) is 0 Å². The quantitative estimate of drug-likeness (QED) is 0.248. The second kappa shape index (κ2) is 9.63. The first-order valence-electron chi connectivity index (χ1n) is 12.4. The molecule has 0 fully saturated rings. The van der Waals surface area contributed by atoms with Crippen LogP contribution in [0.2, 0.25) is 0 Å². The fourth-order valence-corrected chi connectivity index (χ4v) is 4.88. The predicted octanol–water partition coefficient (Wildman–Crippen LogP) is 8.44. The summed E-state index contributed by atoms with van der Waals surface area (Å²) in [6.07, 6.45) is 1.93. The van der Waals surface area contributed by atoms with Gasteiger partial charge in [0, 0.05) is 34.3 Å². The summed E-state index contributed by atoms with van der Waals surface area (Å²) in [5, 5.41) is 1.71. The lowest BCUT2D eigenvalue weighted by molar-refractivity contribution is 0.997. The highest BCUT2D eigenvalue weighted by atomic mass is 16.1. The maximum atomic E-state index is 13.5. The number of aromatic nitrogens is 1. The van der Waals surface area contributed by atoms with Crippen molar-refractivity contribution < 1.29 is 0 Å². The Labute approximate surface area is 216 Å². The Morgan fingerprint density at radius 3 is 1.65 bits per heavy atom. The van der Waals surface area contributed by atoms with E-state index in [9.17, 15) is 4.79 Å². The molecule has 6 rings (SSSR count). The van der Waals surface area contributed by atoms with Crippen LogP contribution in [0.1, 0.15) is 5.56 Å². The van der Waals surface area contributed by atoms with Gasteiger partial charge >= 0.3 is 0 Å². The number of rotatable bonds is 5. The van der Waals surface area contributed by atoms with Gasteiger partial charge in [0.2, 0.25) is 0 Å². The minimum atomic E-state index is -0.00963. The molecule has 0 atom stereocenters. The van der Waals surface area contributed by atoms with E-state index in [1.165, 1.54) is 0 Å². The summed E-state index contributed by atoms with van der Waals surface area (Å²) in [6.45, 7) is 2.05. The first-order chi connectivity index (χ1) is 18.2.